The van der Waals surface area contributed by atoms with Crippen molar-refractivity contribution in [2.45, 2.75) is 104 Å². The molecule has 7 heteroatoms. The molecule has 4 nitrogen and oxygen atoms in total. The van der Waals surface area contributed by atoms with Crippen molar-refractivity contribution in [3.8, 4) is 5.75 Å². The predicted octanol–water partition coefficient (Wildman–Crippen LogP) is 6.31. The Kier molecular flexibility index (Phi) is 17.2. The average Bonchev–Trinajstić information content (AvgIpc) is 3.32. The van der Waals surface area contributed by atoms with E-state index in [9.17, 15) is 4.79 Å². The number of halogens is 2. The van der Waals surface area contributed by atoms with Gasteiger partial charge in [-0.15, -0.1) is 0 Å². The van der Waals surface area contributed by atoms with Gasteiger partial charge in [-0.05, 0) is 24.6 Å². The molecule has 0 aliphatic rings. The van der Waals surface area contributed by atoms with E-state index in [4.69, 9.17) is 16.3 Å². The van der Waals surface area contributed by atoms with Crippen LogP contribution in [0.5, 0.6) is 5.75 Å². The quantitative estimate of drug-likeness (QED) is 0.122. The fourth-order valence-corrected chi connectivity index (χ4v) is 5.84. The van der Waals surface area contributed by atoms with Crippen LogP contribution in [0.2, 0.25) is 5.02 Å². The Morgan fingerprint density at radius 3 is 2.23 bits per heavy atom. The minimum absolute atomic E-state index is 0. The molecule has 3 aromatic rings. The van der Waals surface area contributed by atoms with Crippen LogP contribution in [0.4, 0.5) is 5.69 Å². The molecule has 1 aromatic heterocycles. The number of thiazole rings is 1. The Hall–Kier alpha value is -1.89. The van der Waals surface area contributed by atoms with E-state index in [0.717, 1.165) is 36.2 Å². The molecule has 0 fully saturated rings. The van der Waals surface area contributed by atoms with E-state index in [0.29, 0.717) is 17.4 Å². The molecule has 1 N–H and O–H groups in total. The summed E-state index contributed by atoms with van der Waals surface area (Å²) in [6, 6.07) is 13.7. The van der Waals surface area contributed by atoms with E-state index >= 15 is 0 Å². The summed E-state index contributed by atoms with van der Waals surface area (Å²) in [7, 11) is 0. The second-order valence-corrected chi connectivity index (χ2v) is 11.6. The smallest absolute Gasteiger partial charge is 0.228 e. The van der Waals surface area contributed by atoms with Gasteiger partial charge in [0.1, 0.15) is 5.75 Å². The average molecular weight is 650 g/mol. The molecule has 0 aliphatic heterocycles. The van der Waals surface area contributed by atoms with Gasteiger partial charge in [0.15, 0.2) is 12.2 Å². The minimum Gasteiger partial charge on any atom is -1.00 e. The number of hydrogen-bond donors (Lipinski definition) is 1. The van der Waals surface area contributed by atoms with Crippen molar-refractivity contribution in [3.05, 3.63) is 75.2 Å². The van der Waals surface area contributed by atoms with Gasteiger partial charge in [-0.1, -0.05) is 125 Å². The Labute approximate surface area is 261 Å². The molecule has 40 heavy (non-hydrogen) atoms. The number of unbranched alkanes of at least 4 members (excludes halogenated alkanes) is 11. The maximum atomic E-state index is 12.9. The first-order valence-corrected chi connectivity index (χ1v) is 16.1. The molecule has 0 saturated carbocycles. The van der Waals surface area contributed by atoms with E-state index in [2.05, 4.69) is 40.7 Å². The molecule has 0 atom stereocenters. The van der Waals surface area contributed by atoms with Crippen LogP contribution in [0, 0.1) is 6.92 Å². The Balaban J connectivity index is 0.00000560. The second kappa shape index (κ2) is 20.1. The van der Waals surface area contributed by atoms with Crippen molar-refractivity contribution < 1.29 is 31.1 Å². The van der Waals surface area contributed by atoms with Crippen molar-refractivity contribution in [3.63, 3.8) is 0 Å². The van der Waals surface area contributed by atoms with E-state index in [1.807, 2.05) is 36.4 Å². The molecular formula is C33H46BrClN2O2S. The highest BCUT2D eigenvalue weighted by Crippen LogP contribution is 2.29. The Morgan fingerprint density at radius 2 is 1.57 bits per heavy atom. The molecule has 0 saturated heterocycles. The van der Waals surface area contributed by atoms with Crippen molar-refractivity contribution in [2.75, 3.05) is 11.9 Å². The van der Waals surface area contributed by atoms with Gasteiger partial charge in [0.25, 0.3) is 0 Å². The predicted molar refractivity (Wildman–Crippen MR) is 165 cm³/mol. The summed E-state index contributed by atoms with van der Waals surface area (Å²) >= 11 is 8.16. The summed E-state index contributed by atoms with van der Waals surface area (Å²) in [5.41, 5.74) is 6.10. The number of carbonyl (C=O) groups excluding carboxylic acids is 1. The van der Waals surface area contributed by atoms with Crippen molar-refractivity contribution in [1.82, 2.24) is 0 Å². The van der Waals surface area contributed by atoms with Gasteiger partial charge >= 0.3 is 0 Å². The molecule has 0 spiro atoms. The zero-order valence-electron chi connectivity index (χ0n) is 24.2. The molecule has 2 aromatic carbocycles. The topological polar surface area (TPSA) is 42.2 Å². The minimum atomic E-state index is -0.0796. The number of ether oxygens (including phenoxy) is 1. The summed E-state index contributed by atoms with van der Waals surface area (Å²) < 4.78 is 8.29. The van der Waals surface area contributed by atoms with Crippen LogP contribution < -0.4 is 31.6 Å². The monoisotopic (exact) mass is 648 g/mol. The van der Waals surface area contributed by atoms with Crippen LogP contribution in [0.3, 0.4) is 0 Å². The van der Waals surface area contributed by atoms with Crippen LogP contribution in [-0.2, 0) is 17.8 Å². The fourth-order valence-electron chi connectivity index (χ4n) is 4.81. The standard InChI is InChI=1S/C33H45ClN2O2S.BrH/c1-3-4-5-6-7-8-9-10-11-12-13-14-21-38-33-29(18-16-20-31(33)34)23-32(37)35-30-19-15-17-28(22-30)24-36-26-39-25-27(36)2;/h15-20,22,25-26H,3-14,21,23-24H2,1-2H3;1H. The van der Waals surface area contributed by atoms with Crippen LogP contribution >= 0.6 is 22.9 Å². The lowest BCUT2D eigenvalue weighted by Crippen LogP contribution is -3.00. The fraction of sp³-hybridized carbons (Fsp3) is 0.515. The molecule has 220 valence electrons. The number of amides is 1. The molecule has 0 bridgehead atoms. The van der Waals surface area contributed by atoms with Crippen molar-refractivity contribution in [1.29, 1.82) is 0 Å². The lowest BCUT2D eigenvalue weighted by molar-refractivity contribution is -0.689. The molecular weight excluding hydrogens is 604 g/mol. The number of para-hydroxylation sites is 1. The summed E-state index contributed by atoms with van der Waals surface area (Å²) in [6.07, 6.45) is 15.9. The van der Waals surface area contributed by atoms with Crippen LogP contribution in [0.25, 0.3) is 0 Å². The first-order valence-electron chi connectivity index (χ1n) is 14.8. The number of anilines is 1. The summed E-state index contributed by atoms with van der Waals surface area (Å²) in [6.45, 7) is 5.78. The van der Waals surface area contributed by atoms with Crippen LogP contribution in [0.15, 0.2) is 53.4 Å². The number of nitrogens with zero attached hydrogens (tertiary/aromatic N) is 1. The van der Waals surface area contributed by atoms with Gasteiger partial charge in [-0.3, -0.25) is 4.79 Å². The lowest BCUT2D eigenvalue weighted by atomic mass is 10.1. The van der Waals surface area contributed by atoms with Gasteiger partial charge in [0, 0.05) is 23.7 Å². The molecule has 0 unspecified atom stereocenters. The first kappa shape index (κ1) is 34.3. The van der Waals surface area contributed by atoms with Gasteiger partial charge in [0.2, 0.25) is 11.4 Å². The van der Waals surface area contributed by atoms with Crippen molar-refractivity contribution in [2.24, 2.45) is 0 Å². The van der Waals surface area contributed by atoms with E-state index < -0.39 is 0 Å². The van der Waals surface area contributed by atoms with Crippen LogP contribution in [0.1, 0.15) is 101 Å². The van der Waals surface area contributed by atoms with Gasteiger partial charge in [0.05, 0.1) is 23.4 Å². The summed E-state index contributed by atoms with van der Waals surface area (Å²) in [4.78, 5) is 12.9. The third-order valence-corrected chi connectivity index (χ3v) is 8.24. The van der Waals surface area contributed by atoms with E-state index in [1.54, 1.807) is 11.3 Å². The van der Waals surface area contributed by atoms with Gasteiger partial charge in [-0.2, -0.15) is 4.57 Å². The lowest BCUT2D eigenvalue weighted by Gasteiger charge is -2.13. The number of hydrogen-bond acceptors (Lipinski definition) is 3. The zero-order chi connectivity index (χ0) is 27.7. The SMILES string of the molecule is CCCCCCCCCCCCCCOc1c(Cl)cccc1CC(=O)Nc1cccc(C[n+]2cscc2C)c1.[Br-]. The van der Waals surface area contributed by atoms with Crippen LogP contribution in [-0.4, -0.2) is 12.5 Å². The number of nitrogens with one attached hydrogen (secondary N) is 1. The Bertz CT molecular complexity index is 1140. The normalized spacial score (nSPS) is 10.8. The molecule has 3 rings (SSSR count). The zero-order valence-corrected chi connectivity index (χ0v) is 27.4. The van der Waals surface area contributed by atoms with Crippen molar-refractivity contribution >= 4 is 34.5 Å². The Morgan fingerprint density at radius 1 is 0.925 bits per heavy atom. The molecule has 1 amide bonds. The molecule has 0 radical (unpaired) electrons. The largest absolute Gasteiger partial charge is 1.00 e. The third-order valence-electron chi connectivity index (χ3n) is 7.09. The molecule has 1 heterocycles. The second-order valence-electron chi connectivity index (χ2n) is 10.5. The highest BCUT2D eigenvalue weighted by Gasteiger charge is 2.14. The number of aryl methyl sites for hydroxylation is 1. The number of rotatable bonds is 19. The summed E-state index contributed by atoms with van der Waals surface area (Å²) in [5.74, 6) is 0.555. The van der Waals surface area contributed by atoms with Gasteiger partial charge in [-0.25, -0.2) is 0 Å². The highest BCUT2D eigenvalue weighted by molar-refractivity contribution is 7.07. The van der Waals surface area contributed by atoms with E-state index in [1.165, 1.54) is 69.9 Å². The maximum absolute atomic E-state index is 12.9. The number of carbonyl (C=O) groups is 1. The van der Waals surface area contributed by atoms with Gasteiger partial charge < -0.3 is 27.0 Å². The van der Waals surface area contributed by atoms with E-state index in [-0.39, 0.29) is 29.3 Å². The number of benzene rings is 2. The third kappa shape index (κ3) is 12.7. The molecule has 0 aliphatic carbocycles. The first-order chi connectivity index (χ1) is 19.1. The summed E-state index contributed by atoms with van der Waals surface area (Å²) in [5, 5.41) is 5.74. The highest BCUT2D eigenvalue weighted by atomic mass is 79.9. The number of aromatic nitrogens is 1. The maximum Gasteiger partial charge on any atom is 0.228 e.